The molecule has 0 spiro atoms. The maximum Gasteiger partial charge on any atom is 0.282 e. The van der Waals surface area contributed by atoms with Crippen molar-refractivity contribution in [1.82, 2.24) is 9.97 Å². The minimum absolute atomic E-state index is 0.232. The molecule has 0 unspecified atom stereocenters. The van der Waals surface area contributed by atoms with Crippen molar-refractivity contribution >= 4 is 53.1 Å². The number of hydrogen-bond donors (Lipinski definition) is 0. The van der Waals surface area contributed by atoms with Gasteiger partial charge < -0.3 is 4.90 Å². The molecule has 0 saturated carbocycles. The Morgan fingerprint density at radius 2 is 1.95 bits per heavy atom. The molecule has 0 fully saturated rings. The fourth-order valence-electron chi connectivity index (χ4n) is 2.26. The van der Waals surface area contributed by atoms with Gasteiger partial charge in [0.1, 0.15) is 4.83 Å². The van der Waals surface area contributed by atoms with Gasteiger partial charge in [0.25, 0.3) is 5.56 Å². The molecule has 0 aliphatic carbocycles. The summed E-state index contributed by atoms with van der Waals surface area (Å²) in [6, 6.07) is 13.9. The standard InChI is InChI=1S/C16H11N3OS2/c1-19(13-9-10-5-2-3-7-12(10)21-13)16-18-14(20)11-6-4-8-17-15(11)22-16/h2-9H,1H3. The zero-order valence-electron chi connectivity index (χ0n) is 11.7. The molecule has 22 heavy (non-hydrogen) atoms. The highest BCUT2D eigenvalue weighted by molar-refractivity contribution is 7.24. The quantitative estimate of drug-likeness (QED) is 0.558. The van der Waals surface area contributed by atoms with Gasteiger partial charge in [-0.15, -0.1) is 11.3 Å². The van der Waals surface area contributed by atoms with E-state index in [2.05, 4.69) is 28.2 Å². The van der Waals surface area contributed by atoms with Crippen molar-refractivity contribution in [2.24, 2.45) is 0 Å². The lowest BCUT2D eigenvalue weighted by Gasteiger charge is -2.14. The molecule has 3 aromatic heterocycles. The maximum absolute atomic E-state index is 12.1. The summed E-state index contributed by atoms with van der Waals surface area (Å²) in [6.45, 7) is 0. The van der Waals surface area contributed by atoms with Crippen LogP contribution in [0.1, 0.15) is 0 Å². The SMILES string of the molecule is CN(c1cc2ccccc2s1)c1nc(=O)c2cccnc2s1. The van der Waals surface area contributed by atoms with E-state index in [1.54, 1.807) is 29.7 Å². The Morgan fingerprint density at radius 3 is 2.82 bits per heavy atom. The van der Waals surface area contributed by atoms with Gasteiger partial charge in [-0.05, 0) is 29.7 Å². The van der Waals surface area contributed by atoms with E-state index in [1.165, 1.54) is 21.4 Å². The Morgan fingerprint density at radius 1 is 1.09 bits per heavy atom. The van der Waals surface area contributed by atoms with E-state index in [1.807, 2.05) is 24.1 Å². The summed E-state index contributed by atoms with van der Waals surface area (Å²) in [4.78, 5) is 23.3. The van der Waals surface area contributed by atoms with Crippen LogP contribution in [0.2, 0.25) is 0 Å². The van der Waals surface area contributed by atoms with Crippen LogP contribution in [0, 0.1) is 0 Å². The third-order valence-corrected chi connectivity index (χ3v) is 5.68. The van der Waals surface area contributed by atoms with Gasteiger partial charge in [-0.2, -0.15) is 4.98 Å². The molecule has 3 heterocycles. The van der Waals surface area contributed by atoms with Gasteiger partial charge in [0.2, 0.25) is 0 Å². The number of rotatable bonds is 2. The molecule has 0 atom stereocenters. The first kappa shape index (κ1) is 13.4. The monoisotopic (exact) mass is 325 g/mol. The lowest BCUT2D eigenvalue weighted by molar-refractivity contribution is 1.16. The predicted octanol–water partition coefficient (Wildman–Crippen LogP) is 4.03. The first-order valence-electron chi connectivity index (χ1n) is 6.70. The fraction of sp³-hybridized carbons (Fsp3) is 0.0625. The molecular weight excluding hydrogens is 314 g/mol. The summed E-state index contributed by atoms with van der Waals surface area (Å²) in [5, 5.41) is 3.48. The van der Waals surface area contributed by atoms with Crippen LogP contribution in [0.5, 0.6) is 0 Å². The van der Waals surface area contributed by atoms with Crippen LogP contribution in [0.4, 0.5) is 10.1 Å². The zero-order valence-corrected chi connectivity index (χ0v) is 13.3. The molecule has 0 aliphatic heterocycles. The van der Waals surface area contributed by atoms with Crippen molar-refractivity contribution in [3.8, 4) is 0 Å². The summed E-state index contributed by atoms with van der Waals surface area (Å²) >= 11 is 3.11. The Bertz CT molecular complexity index is 1010. The number of fused-ring (bicyclic) bond motifs is 2. The van der Waals surface area contributed by atoms with Crippen molar-refractivity contribution in [3.05, 3.63) is 59.0 Å². The van der Waals surface area contributed by atoms with E-state index >= 15 is 0 Å². The predicted molar refractivity (Wildman–Crippen MR) is 93.6 cm³/mol. The van der Waals surface area contributed by atoms with E-state index in [4.69, 9.17) is 0 Å². The molecule has 0 radical (unpaired) electrons. The van der Waals surface area contributed by atoms with Crippen LogP contribution in [-0.2, 0) is 0 Å². The highest BCUT2D eigenvalue weighted by Gasteiger charge is 2.13. The first-order chi connectivity index (χ1) is 10.7. The number of aromatic nitrogens is 2. The Kier molecular flexibility index (Phi) is 3.13. The molecule has 4 aromatic rings. The molecule has 0 aliphatic rings. The van der Waals surface area contributed by atoms with Crippen molar-refractivity contribution in [2.45, 2.75) is 0 Å². The van der Waals surface area contributed by atoms with Crippen molar-refractivity contribution in [1.29, 1.82) is 0 Å². The number of thiophene rings is 1. The van der Waals surface area contributed by atoms with Crippen molar-refractivity contribution < 1.29 is 0 Å². The van der Waals surface area contributed by atoms with Gasteiger partial charge in [0.05, 0.1) is 10.4 Å². The summed E-state index contributed by atoms with van der Waals surface area (Å²) in [5.74, 6) is 0. The minimum atomic E-state index is -0.232. The molecule has 4 rings (SSSR count). The van der Waals surface area contributed by atoms with Gasteiger partial charge in [0.15, 0.2) is 5.13 Å². The minimum Gasteiger partial charge on any atom is -0.312 e. The number of nitrogens with zero attached hydrogens (tertiary/aromatic N) is 3. The summed E-state index contributed by atoms with van der Waals surface area (Å²) in [7, 11) is 1.93. The second kappa shape index (κ2) is 5.15. The van der Waals surface area contributed by atoms with Crippen LogP contribution in [0.25, 0.3) is 20.3 Å². The van der Waals surface area contributed by atoms with Gasteiger partial charge in [-0.1, -0.05) is 29.5 Å². The highest BCUT2D eigenvalue weighted by atomic mass is 32.1. The third-order valence-electron chi connectivity index (χ3n) is 3.42. The lowest BCUT2D eigenvalue weighted by Crippen LogP contribution is -2.14. The van der Waals surface area contributed by atoms with Gasteiger partial charge in [-0.25, -0.2) is 4.98 Å². The second-order valence-electron chi connectivity index (χ2n) is 4.84. The topological polar surface area (TPSA) is 46.1 Å². The van der Waals surface area contributed by atoms with E-state index in [0.717, 1.165) is 5.00 Å². The largest absolute Gasteiger partial charge is 0.312 e. The number of hydrogen-bond acceptors (Lipinski definition) is 6. The van der Waals surface area contributed by atoms with Crippen LogP contribution in [0.3, 0.4) is 0 Å². The number of anilines is 2. The van der Waals surface area contributed by atoms with Crippen molar-refractivity contribution in [3.63, 3.8) is 0 Å². The molecule has 0 amide bonds. The molecule has 0 bridgehead atoms. The molecule has 4 nitrogen and oxygen atoms in total. The maximum atomic E-state index is 12.1. The molecule has 0 saturated heterocycles. The molecule has 108 valence electrons. The number of benzene rings is 1. The molecule has 1 aromatic carbocycles. The average molecular weight is 325 g/mol. The third kappa shape index (κ3) is 2.17. The summed E-state index contributed by atoms with van der Waals surface area (Å²) in [5.41, 5.74) is -0.232. The first-order valence-corrected chi connectivity index (χ1v) is 8.34. The van der Waals surface area contributed by atoms with Crippen molar-refractivity contribution in [2.75, 3.05) is 11.9 Å². The second-order valence-corrected chi connectivity index (χ2v) is 6.86. The summed E-state index contributed by atoms with van der Waals surface area (Å²) in [6.07, 6.45) is 1.70. The van der Waals surface area contributed by atoms with E-state index in [0.29, 0.717) is 15.3 Å². The van der Waals surface area contributed by atoms with Gasteiger partial charge in [-0.3, -0.25) is 4.79 Å². The Hall–Kier alpha value is -2.31. The fourth-order valence-corrected chi connectivity index (χ4v) is 4.26. The molecular formula is C16H11N3OS2. The normalized spacial score (nSPS) is 11.1. The van der Waals surface area contributed by atoms with Gasteiger partial charge >= 0.3 is 0 Å². The Labute approximate surface area is 134 Å². The van der Waals surface area contributed by atoms with E-state index in [-0.39, 0.29) is 5.56 Å². The van der Waals surface area contributed by atoms with Crippen LogP contribution in [-0.4, -0.2) is 17.0 Å². The van der Waals surface area contributed by atoms with Gasteiger partial charge in [0, 0.05) is 17.9 Å². The van der Waals surface area contributed by atoms with E-state index < -0.39 is 0 Å². The zero-order chi connectivity index (χ0) is 15.1. The average Bonchev–Trinajstić information content (AvgIpc) is 2.98. The lowest BCUT2D eigenvalue weighted by atomic mass is 10.3. The van der Waals surface area contributed by atoms with Crippen LogP contribution >= 0.6 is 22.7 Å². The molecule has 6 heteroatoms. The number of pyridine rings is 1. The van der Waals surface area contributed by atoms with Crippen LogP contribution < -0.4 is 10.5 Å². The van der Waals surface area contributed by atoms with E-state index in [9.17, 15) is 4.79 Å². The summed E-state index contributed by atoms with van der Waals surface area (Å²) < 4.78 is 1.22. The van der Waals surface area contributed by atoms with Crippen LogP contribution in [0.15, 0.2) is 53.5 Å². The molecule has 0 N–H and O–H groups in total. The smallest absolute Gasteiger partial charge is 0.282 e. The highest BCUT2D eigenvalue weighted by Crippen LogP contribution is 2.36. The Balaban J connectivity index is 1.85.